The number of hydrogen-bond acceptors (Lipinski definition) is 7. The highest BCUT2D eigenvalue weighted by molar-refractivity contribution is 5.69. The Bertz CT molecular complexity index is 719. The lowest BCUT2D eigenvalue weighted by Gasteiger charge is -2.43. The van der Waals surface area contributed by atoms with Crippen LogP contribution in [0.2, 0.25) is 0 Å². The van der Waals surface area contributed by atoms with Crippen molar-refractivity contribution in [3.05, 3.63) is 17.7 Å². The van der Waals surface area contributed by atoms with Crippen LogP contribution in [0.3, 0.4) is 0 Å². The van der Waals surface area contributed by atoms with Crippen molar-refractivity contribution < 1.29 is 23.7 Å². The van der Waals surface area contributed by atoms with Crippen molar-refractivity contribution in [2.24, 2.45) is 5.92 Å². The number of likely N-dealkylation sites (tertiary alicyclic amines) is 2. The highest BCUT2D eigenvalue weighted by Crippen LogP contribution is 2.42. The van der Waals surface area contributed by atoms with Gasteiger partial charge in [-0.3, -0.25) is 9.69 Å². The van der Waals surface area contributed by atoms with Gasteiger partial charge in [0, 0.05) is 25.6 Å². The Hall–Kier alpha value is -1.99. The van der Waals surface area contributed by atoms with Gasteiger partial charge in [-0.05, 0) is 68.9 Å². The van der Waals surface area contributed by atoms with Gasteiger partial charge in [0.2, 0.25) is 12.5 Å². The third-order valence-corrected chi connectivity index (χ3v) is 6.46. The highest BCUT2D eigenvalue weighted by atomic mass is 16.7. The van der Waals surface area contributed by atoms with Crippen LogP contribution in [0.4, 0.5) is 0 Å². The predicted octanol–water partition coefficient (Wildman–Crippen LogP) is 2.66. The maximum Gasteiger partial charge on any atom is 0.305 e. The van der Waals surface area contributed by atoms with E-state index in [0.717, 1.165) is 49.5 Å². The van der Waals surface area contributed by atoms with Crippen molar-refractivity contribution in [1.29, 1.82) is 0 Å². The summed E-state index contributed by atoms with van der Waals surface area (Å²) in [6, 6.07) is 4.68. The van der Waals surface area contributed by atoms with Gasteiger partial charge in [0.1, 0.15) is 0 Å². The number of nitrogens with zero attached hydrogens (tertiary/aromatic N) is 2. The van der Waals surface area contributed by atoms with Crippen LogP contribution in [-0.2, 0) is 16.1 Å². The molecule has 2 saturated heterocycles. The fourth-order valence-electron chi connectivity index (χ4n) is 5.02. The van der Waals surface area contributed by atoms with E-state index in [1.54, 1.807) is 7.11 Å². The second-order valence-corrected chi connectivity index (χ2v) is 8.24. The van der Waals surface area contributed by atoms with E-state index in [9.17, 15) is 4.79 Å². The first-order valence-corrected chi connectivity index (χ1v) is 10.7. The second-order valence-electron chi connectivity index (χ2n) is 8.24. The van der Waals surface area contributed by atoms with Crippen LogP contribution < -0.4 is 14.2 Å². The van der Waals surface area contributed by atoms with E-state index < -0.39 is 0 Å². The standard InChI is InChI=1S/C22H32N2O5/c1-26-19-11-16(12-20-22(19)29-15-28-20)13-23-10-7-18(24-8-3-4-9-24)17(14-23)5-6-21(25)27-2/h11-12,17-18H,3-10,13-15H2,1-2H3/t17-,18+/m0/s1. The summed E-state index contributed by atoms with van der Waals surface area (Å²) in [5.74, 6) is 2.55. The SMILES string of the molecule is COC(=O)CC[C@H]1CN(Cc2cc(OC)c3c(c2)OCO3)CC[C@H]1N1CCCC1. The van der Waals surface area contributed by atoms with E-state index in [2.05, 4.69) is 15.9 Å². The van der Waals surface area contributed by atoms with Crippen molar-refractivity contribution in [3.63, 3.8) is 0 Å². The molecule has 160 valence electrons. The molecule has 3 heterocycles. The molecule has 1 aromatic rings. The molecule has 7 heteroatoms. The predicted molar refractivity (Wildman–Crippen MR) is 108 cm³/mol. The Balaban J connectivity index is 1.44. The van der Waals surface area contributed by atoms with Gasteiger partial charge in [-0.1, -0.05) is 0 Å². The lowest BCUT2D eigenvalue weighted by Crippen LogP contribution is -2.50. The largest absolute Gasteiger partial charge is 0.493 e. The number of hydrogen-bond donors (Lipinski definition) is 0. The summed E-state index contributed by atoms with van der Waals surface area (Å²) in [6.07, 6.45) is 5.11. The summed E-state index contributed by atoms with van der Waals surface area (Å²) in [5.41, 5.74) is 1.16. The molecule has 0 spiro atoms. The first-order valence-electron chi connectivity index (χ1n) is 10.7. The van der Waals surface area contributed by atoms with Gasteiger partial charge in [-0.15, -0.1) is 0 Å². The van der Waals surface area contributed by atoms with Crippen molar-refractivity contribution in [1.82, 2.24) is 9.80 Å². The number of benzene rings is 1. The zero-order valence-corrected chi connectivity index (χ0v) is 17.5. The Morgan fingerprint density at radius 2 is 2.00 bits per heavy atom. The van der Waals surface area contributed by atoms with E-state index in [1.165, 1.54) is 33.0 Å². The molecule has 0 amide bonds. The average molecular weight is 405 g/mol. The van der Waals surface area contributed by atoms with Crippen LogP contribution in [0, 0.1) is 5.92 Å². The summed E-state index contributed by atoms with van der Waals surface area (Å²) in [7, 11) is 3.13. The molecule has 0 unspecified atom stereocenters. The van der Waals surface area contributed by atoms with Crippen LogP contribution >= 0.6 is 0 Å². The second kappa shape index (κ2) is 9.22. The van der Waals surface area contributed by atoms with Gasteiger partial charge >= 0.3 is 5.97 Å². The Morgan fingerprint density at radius 3 is 2.76 bits per heavy atom. The topological polar surface area (TPSA) is 60.5 Å². The number of esters is 1. The normalized spacial score (nSPS) is 24.6. The maximum atomic E-state index is 11.7. The van der Waals surface area contributed by atoms with E-state index in [-0.39, 0.29) is 12.8 Å². The lowest BCUT2D eigenvalue weighted by atomic mass is 9.87. The minimum atomic E-state index is -0.109. The number of rotatable bonds is 7. The van der Waals surface area contributed by atoms with E-state index in [4.69, 9.17) is 18.9 Å². The summed E-state index contributed by atoms with van der Waals surface area (Å²) in [5, 5.41) is 0. The number of piperidine rings is 1. The first kappa shape index (κ1) is 20.3. The minimum Gasteiger partial charge on any atom is -0.493 e. The molecule has 3 aliphatic heterocycles. The third-order valence-electron chi connectivity index (χ3n) is 6.46. The smallest absolute Gasteiger partial charge is 0.305 e. The molecular formula is C22H32N2O5. The monoisotopic (exact) mass is 404 g/mol. The summed E-state index contributed by atoms with van der Waals surface area (Å²) >= 11 is 0. The van der Waals surface area contributed by atoms with Crippen molar-refractivity contribution in [2.75, 3.05) is 47.2 Å². The lowest BCUT2D eigenvalue weighted by molar-refractivity contribution is -0.141. The Labute approximate surface area is 172 Å². The molecular weight excluding hydrogens is 372 g/mol. The minimum absolute atomic E-state index is 0.109. The van der Waals surface area contributed by atoms with Gasteiger partial charge in [0.25, 0.3) is 0 Å². The molecule has 2 atom stereocenters. The van der Waals surface area contributed by atoms with Crippen molar-refractivity contribution >= 4 is 5.97 Å². The fourth-order valence-corrected chi connectivity index (χ4v) is 5.02. The van der Waals surface area contributed by atoms with E-state index in [1.807, 2.05) is 6.07 Å². The van der Waals surface area contributed by atoms with E-state index >= 15 is 0 Å². The van der Waals surface area contributed by atoms with Crippen molar-refractivity contribution in [2.45, 2.75) is 44.7 Å². The molecule has 29 heavy (non-hydrogen) atoms. The van der Waals surface area contributed by atoms with Gasteiger partial charge < -0.3 is 23.8 Å². The highest BCUT2D eigenvalue weighted by Gasteiger charge is 2.34. The first-order chi connectivity index (χ1) is 14.2. The van der Waals surface area contributed by atoms with Gasteiger partial charge in [-0.25, -0.2) is 0 Å². The van der Waals surface area contributed by atoms with Crippen LogP contribution in [0.5, 0.6) is 17.2 Å². The number of ether oxygens (including phenoxy) is 4. The molecule has 4 rings (SSSR count). The maximum absolute atomic E-state index is 11.7. The summed E-state index contributed by atoms with van der Waals surface area (Å²) in [6.45, 7) is 5.53. The van der Waals surface area contributed by atoms with Crippen LogP contribution in [0.15, 0.2) is 12.1 Å². The van der Waals surface area contributed by atoms with Crippen LogP contribution in [0.1, 0.15) is 37.7 Å². The molecule has 7 nitrogen and oxygen atoms in total. The third kappa shape index (κ3) is 4.61. The zero-order valence-electron chi connectivity index (χ0n) is 17.5. The molecule has 0 saturated carbocycles. The summed E-state index contributed by atoms with van der Waals surface area (Å²) in [4.78, 5) is 16.9. The van der Waals surface area contributed by atoms with Crippen LogP contribution in [0.25, 0.3) is 0 Å². The molecule has 3 aliphatic rings. The average Bonchev–Trinajstić information content (AvgIpc) is 3.43. The quantitative estimate of drug-likeness (QED) is 0.648. The number of carbonyl (C=O) groups is 1. The molecule has 0 aliphatic carbocycles. The zero-order chi connectivity index (χ0) is 20.2. The molecule has 0 bridgehead atoms. The molecule has 2 fully saturated rings. The van der Waals surface area contributed by atoms with Crippen LogP contribution in [-0.4, -0.2) is 69.0 Å². The number of fused-ring (bicyclic) bond motifs is 1. The van der Waals surface area contributed by atoms with Gasteiger partial charge in [-0.2, -0.15) is 0 Å². The molecule has 0 N–H and O–H groups in total. The molecule has 1 aromatic carbocycles. The Morgan fingerprint density at radius 1 is 1.17 bits per heavy atom. The molecule has 0 aromatic heterocycles. The van der Waals surface area contributed by atoms with Crippen molar-refractivity contribution in [3.8, 4) is 17.2 Å². The molecule has 0 radical (unpaired) electrons. The fraction of sp³-hybridized carbons (Fsp3) is 0.682. The number of carbonyl (C=O) groups excluding carboxylic acids is 1. The van der Waals surface area contributed by atoms with Gasteiger partial charge in [0.15, 0.2) is 11.5 Å². The Kier molecular flexibility index (Phi) is 6.45. The summed E-state index contributed by atoms with van der Waals surface area (Å²) < 4.78 is 21.5. The number of methoxy groups -OCH3 is 2. The van der Waals surface area contributed by atoms with Gasteiger partial charge in [0.05, 0.1) is 14.2 Å². The van der Waals surface area contributed by atoms with E-state index in [0.29, 0.717) is 24.1 Å².